The summed E-state index contributed by atoms with van der Waals surface area (Å²) in [5, 5.41) is 5.58. The molecule has 0 radical (unpaired) electrons. The molecule has 1 aliphatic rings. The number of carbonyl (C=O) groups is 1. The predicted octanol–water partition coefficient (Wildman–Crippen LogP) is 3.62. The van der Waals surface area contributed by atoms with Crippen LogP contribution in [0.25, 0.3) is 11.3 Å². The number of rotatable bonds is 4. The van der Waals surface area contributed by atoms with Gasteiger partial charge < -0.3 is 5.32 Å². The van der Waals surface area contributed by atoms with Gasteiger partial charge in [0.1, 0.15) is 0 Å². The van der Waals surface area contributed by atoms with Crippen molar-refractivity contribution in [1.29, 1.82) is 0 Å². The van der Waals surface area contributed by atoms with Crippen LogP contribution in [0.1, 0.15) is 26.2 Å². The molecule has 0 unspecified atom stereocenters. The highest BCUT2D eigenvalue weighted by Crippen LogP contribution is 2.24. The van der Waals surface area contributed by atoms with Gasteiger partial charge in [-0.3, -0.25) is 9.69 Å². The molecule has 2 aromatic rings. The van der Waals surface area contributed by atoms with Gasteiger partial charge in [0.25, 0.3) is 0 Å². The molecular weight excluding hydrogens is 294 g/mol. The number of likely N-dealkylation sites (tertiary alicyclic amines) is 1. The number of nitrogens with one attached hydrogen (secondary N) is 1. The Hall–Kier alpha value is -1.72. The molecule has 1 aliphatic heterocycles. The van der Waals surface area contributed by atoms with E-state index in [4.69, 9.17) is 0 Å². The zero-order chi connectivity index (χ0) is 15.4. The average Bonchev–Trinajstić information content (AvgIpc) is 2.99. The highest BCUT2D eigenvalue weighted by Gasteiger charge is 2.20. The molecule has 0 spiro atoms. The van der Waals surface area contributed by atoms with E-state index in [-0.39, 0.29) is 5.91 Å². The van der Waals surface area contributed by atoms with Crippen molar-refractivity contribution in [2.75, 3.05) is 18.4 Å². The van der Waals surface area contributed by atoms with Crippen molar-refractivity contribution < 1.29 is 4.79 Å². The molecule has 0 saturated carbocycles. The first-order chi connectivity index (χ1) is 10.7. The van der Waals surface area contributed by atoms with E-state index in [1.54, 1.807) is 0 Å². The van der Waals surface area contributed by atoms with Gasteiger partial charge in [0.15, 0.2) is 5.13 Å². The predicted molar refractivity (Wildman–Crippen MR) is 91.1 cm³/mol. The second-order valence-corrected chi connectivity index (χ2v) is 6.63. The zero-order valence-corrected chi connectivity index (χ0v) is 13.6. The summed E-state index contributed by atoms with van der Waals surface area (Å²) in [6.07, 6.45) is 3.64. The summed E-state index contributed by atoms with van der Waals surface area (Å²) in [6, 6.07) is 10.5. The van der Waals surface area contributed by atoms with Gasteiger partial charge in [0.05, 0.1) is 12.2 Å². The van der Waals surface area contributed by atoms with Crippen LogP contribution in [-0.4, -0.2) is 34.9 Å². The molecule has 1 saturated heterocycles. The average molecular weight is 315 g/mol. The summed E-state index contributed by atoms with van der Waals surface area (Å²) in [4.78, 5) is 18.9. The van der Waals surface area contributed by atoms with Crippen LogP contribution in [0, 0.1) is 0 Å². The Balaban J connectivity index is 1.59. The number of piperidine rings is 1. The monoisotopic (exact) mass is 315 g/mol. The summed E-state index contributed by atoms with van der Waals surface area (Å²) in [5.74, 6) is 0.0303. The van der Waals surface area contributed by atoms with Gasteiger partial charge in [0, 0.05) is 17.0 Å². The molecule has 1 fully saturated rings. The van der Waals surface area contributed by atoms with Crippen LogP contribution >= 0.6 is 11.3 Å². The van der Waals surface area contributed by atoms with Crippen molar-refractivity contribution in [2.24, 2.45) is 0 Å². The first-order valence-corrected chi connectivity index (χ1v) is 8.65. The number of hydrogen-bond acceptors (Lipinski definition) is 4. The molecule has 1 aromatic heterocycles. The van der Waals surface area contributed by atoms with E-state index in [1.165, 1.54) is 30.6 Å². The Morgan fingerprint density at radius 2 is 2.18 bits per heavy atom. The number of anilines is 1. The van der Waals surface area contributed by atoms with Crippen molar-refractivity contribution in [3.63, 3.8) is 0 Å². The minimum absolute atomic E-state index is 0.0303. The minimum Gasteiger partial charge on any atom is -0.301 e. The van der Waals surface area contributed by atoms with E-state index in [2.05, 4.69) is 22.1 Å². The largest absolute Gasteiger partial charge is 0.301 e. The van der Waals surface area contributed by atoms with Crippen molar-refractivity contribution in [3.8, 4) is 11.3 Å². The quantitative estimate of drug-likeness (QED) is 0.937. The zero-order valence-electron chi connectivity index (χ0n) is 12.8. The fourth-order valence-corrected chi connectivity index (χ4v) is 3.54. The molecule has 0 aliphatic carbocycles. The Bertz CT molecular complexity index is 626. The van der Waals surface area contributed by atoms with Crippen LogP contribution in [0.2, 0.25) is 0 Å². The molecule has 1 aromatic carbocycles. The van der Waals surface area contributed by atoms with Gasteiger partial charge in [-0.25, -0.2) is 4.98 Å². The van der Waals surface area contributed by atoms with Crippen LogP contribution in [0.4, 0.5) is 5.13 Å². The number of hydrogen-bond donors (Lipinski definition) is 1. The lowest BCUT2D eigenvalue weighted by atomic mass is 10.0. The van der Waals surface area contributed by atoms with Crippen molar-refractivity contribution in [2.45, 2.75) is 32.2 Å². The number of nitrogens with zero attached hydrogens (tertiary/aromatic N) is 2. The lowest BCUT2D eigenvalue weighted by molar-refractivity contribution is -0.118. The fourth-order valence-electron chi connectivity index (χ4n) is 2.81. The Morgan fingerprint density at radius 3 is 2.95 bits per heavy atom. The van der Waals surface area contributed by atoms with E-state index >= 15 is 0 Å². The summed E-state index contributed by atoms with van der Waals surface area (Å²) in [5.41, 5.74) is 1.98. The Morgan fingerprint density at radius 1 is 1.36 bits per heavy atom. The third-order valence-corrected chi connectivity index (χ3v) is 4.87. The SMILES string of the molecule is C[C@H]1CCCCN1CC(=O)Nc1nc(-c2ccccc2)cs1. The second-order valence-electron chi connectivity index (χ2n) is 5.77. The maximum absolute atomic E-state index is 12.2. The van der Waals surface area contributed by atoms with Crippen molar-refractivity contribution in [3.05, 3.63) is 35.7 Å². The molecular formula is C17H21N3OS. The van der Waals surface area contributed by atoms with Gasteiger partial charge in [-0.15, -0.1) is 11.3 Å². The van der Waals surface area contributed by atoms with E-state index in [9.17, 15) is 4.79 Å². The summed E-state index contributed by atoms with van der Waals surface area (Å²) >= 11 is 1.47. The first kappa shape index (κ1) is 15.2. The van der Waals surface area contributed by atoms with Gasteiger partial charge in [-0.1, -0.05) is 36.8 Å². The maximum Gasteiger partial charge on any atom is 0.240 e. The number of amides is 1. The third-order valence-electron chi connectivity index (χ3n) is 4.11. The molecule has 1 amide bonds. The molecule has 2 heterocycles. The van der Waals surface area contributed by atoms with E-state index in [1.807, 2.05) is 35.7 Å². The number of aromatic nitrogens is 1. The Labute approximate surface area is 135 Å². The van der Waals surface area contributed by atoms with E-state index in [0.717, 1.165) is 17.8 Å². The molecule has 22 heavy (non-hydrogen) atoms. The topological polar surface area (TPSA) is 45.2 Å². The van der Waals surface area contributed by atoms with Crippen molar-refractivity contribution >= 4 is 22.4 Å². The number of carbonyl (C=O) groups excluding carboxylic acids is 1. The highest BCUT2D eigenvalue weighted by molar-refractivity contribution is 7.14. The maximum atomic E-state index is 12.2. The third kappa shape index (κ3) is 3.72. The van der Waals surface area contributed by atoms with E-state index < -0.39 is 0 Å². The van der Waals surface area contributed by atoms with Crippen LogP contribution in [0.15, 0.2) is 35.7 Å². The molecule has 0 bridgehead atoms. The summed E-state index contributed by atoms with van der Waals surface area (Å²) in [7, 11) is 0. The van der Waals surface area contributed by atoms with Crippen LogP contribution in [0.3, 0.4) is 0 Å². The molecule has 1 atom stereocenters. The number of thiazole rings is 1. The highest BCUT2D eigenvalue weighted by atomic mass is 32.1. The van der Waals surface area contributed by atoms with Gasteiger partial charge in [-0.2, -0.15) is 0 Å². The van der Waals surface area contributed by atoms with Crippen molar-refractivity contribution in [1.82, 2.24) is 9.88 Å². The smallest absolute Gasteiger partial charge is 0.240 e. The first-order valence-electron chi connectivity index (χ1n) is 7.77. The van der Waals surface area contributed by atoms with Gasteiger partial charge in [0.2, 0.25) is 5.91 Å². The van der Waals surface area contributed by atoms with E-state index in [0.29, 0.717) is 17.7 Å². The lowest BCUT2D eigenvalue weighted by Crippen LogP contribution is -2.42. The fraction of sp³-hybridized carbons (Fsp3) is 0.412. The van der Waals surface area contributed by atoms with Crippen LogP contribution in [-0.2, 0) is 4.79 Å². The Kier molecular flexibility index (Phi) is 4.85. The molecule has 3 rings (SSSR count). The second kappa shape index (κ2) is 7.03. The summed E-state index contributed by atoms with van der Waals surface area (Å²) in [6.45, 7) is 3.67. The molecule has 5 heteroatoms. The molecule has 1 N–H and O–H groups in total. The normalized spacial score (nSPS) is 19.0. The molecule has 4 nitrogen and oxygen atoms in total. The van der Waals surface area contributed by atoms with Crippen LogP contribution < -0.4 is 5.32 Å². The van der Waals surface area contributed by atoms with Gasteiger partial charge >= 0.3 is 0 Å². The minimum atomic E-state index is 0.0303. The van der Waals surface area contributed by atoms with Gasteiger partial charge in [-0.05, 0) is 26.3 Å². The van der Waals surface area contributed by atoms with Crippen LogP contribution in [0.5, 0.6) is 0 Å². The standard InChI is InChI=1S/C17H21N3OS/c1-13-7-5-6-10-20(13)11-16(21)19-17-18-15(12-22-17)14-8-3-2-4-9-14/h2-4,8-9,12-13H,5-7,10-11H2,1H3,(H,18,19,21)/t13-/m0/s1. The molecule has 116 valence electrons. The lowest BCUT2D eigenvalue weighted by Gasteiger charge is -2.32. The number of benzene rings is 1. The summed E-state index contributed by atoms with van der Waals surface area (Å²) < 4.78 is 0.